The van der Waals surface area contributed by atoms with E-state index in [0.717, 1.165) is 24.0 Å². The van der Waals surface area contributed by atoms with E-state index in [-0.39, 0.29) is 5.78 Å². The van der Waals surface area contributed by atoms with Crippen LogP contribution < -0.4 is 11.1 Å². The van der Waals surface area contributed by atoms with Gasteiger partial charge < -0.3 is 11.1 Å². The van der Waals surface area contributed by atoms with E-state index in [1.807, 2.05) is 6.07 Å². The number of rotatable bonds is 3. The molecule has 0 aliphatic carbocycles. The van der Waals surface area contributed by atoms with Crippen molar-refractivity contribution in [1.82, 2.24) is 5.32 Å². The van der Waals surface area contributed by atoms with Gasteiger partial charge in [-0.05, 0) is 43.6 Å². The first-order valence-corrected chi connectivity index (χ1v) is 6.25. The largest absolute Gasteiger partial charge is 0.398 e. The first-order valence-electron chi connectivity index (χ1n) is 5.46. The minimum absolute atomic E-state index is 0.152. The number of anilines is 1. The summed E-state index contributed by atoms with van der Waals surface area (Å²) in [7, 11) is 0. The molecule has 3 N–H and O–H groups in total. The molecule has 4 heteroatoms. The molecule has 1 saturated heterocycles. The van der Waals surface area contributed by atoms with E-state index < -0.39 is 0 Å². The van der Waals surface area contributed by atoms with E-state index >= 15 is 0 Å². The van der Waals surface area contributed by atoms with Crippen molar-refractivity contribution in [1.29, 1.82) is 0 Å². The monoisotopic (exact) mass is 282 g/mol. The van der Waals surface area contributed by atoms with Gasteiger partial charge in [-0.3, -0.25) is 4.79 Å². The Kier molecular flexibility index (Phi) is 3.61. The van der Waals surface area contributed by atoms with Gasteiger partial charge in [0.25, 0.3) is 0 Å². The fourth-order valence-electron chi connectivity index (χ4n) is 2.05. The molecule has 86 valence electrons. The first kappa shape index (κ1) is 11.6. The van der Waals surface area contributed by atoms with Crippen LogP contribution in [0.5, 0.6) is 0 Å². The second-order valence-electron chi connectivity index (χ2n) is 4.22. The lowest BCUT2D eigenvalue weighted by Crippen LogP contribution is -2.13. The lowest BCUT2D eigenvalue weighted by Gasteiger charge is -2.09. The van der Waals surface area contributed by atoms with Crippen molar-refractivity contribution in [2.45, 2.75) is 12.8 Å². The number of halogens is 1. The Morgan fingerprint density at radius 3 is 3.00 bits per heavy atom. The van der Waals surface area contributed by atoms with Gasteiger partial charge in [0.15, 0.2) is 5.78 Å². The van der Waals surface area contributed by atoms with Crippen LogP contribution >= 0.6 is 15.9 Å². The molecule has 1 aliphatic rings. The SMILES string of the molecule is Nc1cc(Br)ccc1C(=O)CC1CCNC1. The highest BCUT2D eigenvalue weighted by molar-refractivity contribution is 9.10. The van der Waals surface area contributed by atoms with Crippen LogP contribution in [0.2, 0.25) is 0 Å². The summed E-state index contributed by atoms with van der Waals surface area (Å²) in [5, 5.41) is 3.26. The Labute approximate surface area is 104 Å². The van der Waals surface area contributed by atoms with Crippen LogP contribution in [0.3, 0.4) is 0 Å². The van der Waals surface area contributed by atoms with Gasteiger partial charge in [0.2, 0.25) is 0 Å². The highest BCUT2D eigenvalue weighted by Crippen LogP contribution is 2.22. The van der Waals surface area contributed by atoms with Crippen molar-refractivity contribution in [3.8, 4) is 0 Å². The number of carbonyl (C=O) groups excluding carboxylic acids is 1. The molecule has 2 rings (SSSR count). The number of carbonyl (C=O) groups is 1. The summed E-state index contributed by atoms with van der Waals surface area (Å²) < 4.78 is 0.907. The molecule has 0 radical (unpaired) electrons. The zero-order valence-electron chi connectivity index (χ0n) is 9.00. The lowest BCUT2D eigenvalue weighted by molar-refractivity contribution is 0.0965. The average molecular weight is 283 g/mol. The number of hydrogen-bond donors (Lipinski definition) is 2. The van der Waals surface area contributed by atoms with Gasteiger partial charge in [0.1, 0.15) is 0 Å². The summed E-state index contributed by atoms with van der Waals surface area (Å²) >= 11 is 3.33. The third kappa shape index (κ3) is 2.62. The van der Waals surface area contributed by atoms with Crippen LogP contribution in [0, 0.1) is 5.92 Å². The van der Waals surface area contributed by atoms with Gasteiger partial charge in [-0.1, -0.05) is 15.9 Å². The van der Waals surface area contributed by atoms with Crippen molar-refractivity contribution < 1.29 is 4.79 Å². The van der Waals surface area contributed by atoms with Gasteiger partial charge in [-0.15, -0.1) is 0 Å². The molecule has 1 fully saturated rings. The van der Waals surface area contributed by atoms with E-state index in [4.69, 9.17) is 5.73 Å². The second-order valence-corrected chi connectivity index (χ2v) is 5.13. The highest BCUT2D eigenvalue weighted by Gasteiger charge is 2.20. The molecule has 3 nitrogen and oxygen atoms in total. The maximum Gasteiger partial charge on any atom is 0.165 e. The summed E-state index contributed by atoms with van der Waals surface area (Å²) in [6, 6.07) is 5.43. The number of nitrogens with one attached hydrogen (secondary N) is 1. The quantitative estimate of drug-likeness (QED) is 0.660. The summed E-state index contributed by atoms with van der Waals surface area (Å²) in [4.78, 5) is 12.0. The number of nitrogens with two attached hydrogens (primary N) is 1. The summed E-state index contributed by atoms with van der Waals surface area (Å²) in [5.41, 5.74) is 7.04. The third-order valence-corrected chi connectivity index (χ3v) is 3.44. The Bertz CT molecular complexity index is 400. The summed E-state index contributed by atoms with van der Waals surface area (Å²) in [6.45, 7) is 1.97. The van der Waals surface area contributed by atoms with Crippen molar-refractivity contribution in [2.75, 3.05) is 18.8 Å². The molecular weight excluding hydrogens is 268 g/mol. The van der Waals surface area contributed by atoms with E-state index in [9.17, 15) is 4.79 Å². The molecule has 0 amide bonds. The molecule has 1 aromatic carbocycles. The number of benzene rings is 1. The van der Waals surface area contributed by atoms with Crippen LogP contribution in [-0.4, -0.2) is 18.9 Å². The molecule has 0 spiro atoms. The summed E-state index contributed by atoms with van der Waals surface area (Å²) in [5.74, 6) is 0.620. The normalized spacial score (nSPS) is 19.9. The maximum absolute atomic E-state index is 12.0. The van der Waals surface area contributed by atoms with Crippen LogP contribution in [0.15, 0.2) is 22.7 Å². The first-order chi connectivity index (χ1) is 7.66. The zero-order valence-corrected chi connectivity index (χ0v) is 10.6. The fraction of sp³-hybridized carbons (Fsp3) is 0.417. The number of hydrogen-bond acceptors (Lipinski definition) is 3. The molecule has 1 heterocycles. The Morgan fingerprint density at radius 1 is 1.56 bits per heavy atom. The smallest absolute Gasteiger partial charge is 0.165 e. The third-order valence-electron chi connectivity index (χ3n) is 2.95. The molecule has 0 bridgehead atoms. The minimum atomic E-state index is 0.152. The number of Topliss-reactive ketones (excluding diaryl/α,β-unsaturated/α-hetero) is 1. The van der Waals surface area contributed by atoms with E-state index in [1.54, 1.807) is 12.1 Å². The number of ketones is 1. The molecule has 1 aliphatic heterocycles. The van der Waals surface area contributed by atoms with Gasteiger partial charge >= 0.3 is 0 Å². The second kappa shape index (κ2) is 4.97. The lowest BCUT2D eigenvalue weighted by atomic mass is 9.97. The highest BCUT2D eigenvalue weighted by atomic mass is 79.9. The van der Waals surface area contributed by atoms with Gasteiger partial charge in [0.05, 0.1) is 0 Å². The Morgan fingerprint density at radius 2 is 2.38 bits per heavy atom. The standard InChI is InChI=1S/C12H15BrN2O/c13-9-1-2-10(11(14)6-9)12(16)5-8-3-4-15-7-8/h1-2,6,8,15H,3-5,7,14H2. The molecule has 0 aromatic heterocycles. The zero-order chi connectivity index (χ0) is 11.5. The Balaban J connectivity index is 2.08. The van der Waals surface area contributed by atoms with Crippen molar-refractivity contribution in [3.05, 3.63) is 28.2 Å². The maximum atomic E-state index is 12.0. The molecular formula is C12H15BrN2O. The molecule has 1 atom stereocenters. The number of nitrogen functional groups attached to an aromatic ring is 1. The Hall–Kier alpha value is -0.870. The van der Waals surface area contributed by atoms with Gasteiger partial charge in [-0.25, -0.2) is 0 Å². The fourth-order valence-corrected chi connectivity index (χ4v) is 2.43. The predicted octanol–water partition coefficient (Wildman–Crippen LogP) is 2.21. The summed E-state index contributed by atoms with van der Waals surface area (Å²) in [6.07, 6.45) is 1.68. The van der Waals surface area contributed by atoms with Crippen LogP contribution in [0.4, 0.5) is 5.69 Å². The van der Waals surface area contributed by atoms with Crippen LogP contribution in [0.25, 0.3) is 0 Å². The van der Waals surface area contributed by atoms with Gasteiger partial charge in [0, 0.05) is 22.1 Å². The molecule has 16 heavy (non-hydrogen) atoms. The van der Waals surface area contributed by atoms with Crippen LogP contribution in [0.1, 0.15) is 23.2 Å². The van der Waals surface area contributed by atoms with Crippen molar-refractivity contribution in [2.24, 2.45) is 5.92 Å². The molecule has 1 unspecified atom stereocenters. The van der Waals surface area contributed by atoms with E-state index in [0.29, 0.717) is 23.6 Å². The van der Waals surface area contributed by atoms with E-state index in [1.165, 1.54) is 0 Å². The minimum Gasteiger partial charge on any atom is -0.398 e. The van der Waals surface area contributed by atoms with Crippen molar-refractivity contribution >= 4 is 27.4 Å². The van der Waals surface area contributed by atoms with Gasteiger partial charge in [-0.2, -0.15) is 0 Å². The predicted molar refractivity (Wildman–Crippen MR) is 68.5 cm³/mol. The van der Waals surface area contributed by atoms with Crippen molar-refractivity contribution in [3.63, 3.8) is 0 Å². The topological polar surface area (TPSA) is 55.1 Å². The van der Waals surface area contributed by atoms with E-state index in [2.05, 4.69) is 21.2 Å². The molecule has 0 saturated carbocycles. The van der Waals surface area contributed by atoms with Crippen LogP contribution in [-0.2, 0) is 0 Å². The molecule has 1 aromatic rings. The average Bonchev–Trinajstić information content (AvgIpc) is 2.70.